The number of rotatable bonds is 4. The van der Waals surface area contributed by atoms with Crippen LogP contribution in [0.4, 0.5) is 0 Å². The largest absolute Gasteiger partial charge is 0.0625 e. The molecule has 0 N–H and O–H groups in total. The van der Waals surface area contributed by atoms with Gasteiger partial charge in [-0.1, -0.05) is 67.2 Å². The third kappa shape index (κ3) is 3.67. The highest BCUT2D eigenvalue weighted by Crippen LogP contribution is 2.56. The second-order valence-electron chi connectivity index (χ2n) is 9.36. The maximum Gasteiger partial charge on any atom is -0.0243 e. The van der Waals surface area contributed by atoms with Gasteiger partial charge in [-0.25, -0.2) is 0 Å². The van der Waals surface area contributed by atoms with E-state index in [4.69, 9.17) is 0 Å². The van der Waals surface area contributed by atoms with Crippen LogP contribution in [0.25, 0.3) is 0 Å². The smallest absolute Gasteiger partial charge is 0.0243 e. The lowest BCUT2D eigenvalue weighted by atomic mass is 9.52. The van der Waals surface area contributed by atoms with Crippen molar-refractivity contribution in [2.45, 2.75) is 92.9 Å². The molecule has 4 unspecified atom stereocenters. The predicted molar refractivity (Wildman–Crippen MR) is 94.4 cm³/mol. The molecule has 124 valence electrons. The van der Waals surface area contributed by atoms with E-state index in [0.717, 1.165) is 35.5 Å². The lowest BCUT2D eigenvalue weighted by molar-refractivity contribution is -0.0270. The summed E-state index contributed by atoms with van der Waals surface area (Å²) in [5.41, 5.74) is 0.667. The third-order valence-corrected chi connectivity index (χ3v) is 7.42. The zero-order valence-corrected chi connectivity index (χ0v) is 15.6. The summed E-state index contributed by atoms with van der Waals surface area (Å²) in [6.07, 6.45) is 12.1. The molecule has 0 aromatic carbocycles. The highest BCUT2D eigenvalue weighted by molar-refractivity contribution is 4.96. The molecule has 0 spiro atoms. The van der Waals surface area contributed by atoms with E-state index in [1.807, 2.05) is 0 Å². The lowest BCUT2D eigenvalue weighted by Crippen LogP contribution is -2.43. The molecule has 0 bridgehead atoms. The monoisotopic (exact) mass is 292 g/mol. The summed E-state index contributed by atoms with van der Waals surface area (Å²) >= 11 is 0. The van der Waals surface area contributed by atoms with Crippen molar-refractivity contribution in [3.8, 4) is 0 Å². The molecule has 0 heterocycles. The summed E-state index contributed by atoms with van der Waals surface area (Å²) < 4.78 is 0. The van der Waals surface area contributed by atoms with Crippen molar-refractivity contribution in [3.05, 3.63) is 0 Å². The summed E-state index contributed by atoms with van der Waals surface area (Å²) in [5, 5.41) is 0. The molecule has 0 radical (unpaired) electrons. The Balaban J connectivity index is 2.17. The highest BCUT2D eigenvalue weighted by atomic mass is 14.5. The molecule has 0 aromatic rings. The predicted octanol–water partition coefficient (Wildman–Crippen LogP) is 6.94. The van der Waals surface area contributed by atoms with Gasteiger partial charge in [0.25, 0.3) is 0 Å². The fourth-order valence-electron chi connectivity index (χ4n) is 5.68. The van der Waals surface area contributed by atoms with E-state index >= 15 is 0 Å². The van der Waals surface area contributed by atoms with Gasteiger partial charge in [0.2, 0.25) is 0 Å². The van der Waals surface area contributed by atoms with Crippen molar-refractivity contribution in [3.63, 3.8) is 0 Å². The molecule has 0 saturated heterocycles. The maximum absolute atomic E-state index is 2.53. The van der Waals surface area contributed by atoms with Gasteiger partial charge in [0.15, 0.2) is 0 Å². The van der Waals surface area contributed by atoms with Gasteiger partial charge in [-0.2, -0.15) is 0 Å². The van der Waals surface area contributed by atoms with Crippen molar-refractivity contribution in [1.29, 1.82) is 0 Å². The molecule has 2 fully saturated rings. The average Bonchev–Trinajstić information content (AvgIpc) is 2.47. The van der Waals surface area contributed by atoms with Crippen LogP contribution in [0.15, 0.2) is 0 Å². The molecular weight excluding hydrogens is 252 g/mol. The van der Waals surface area contributed by atoms with Crippen LogP contribution in [0.3, 0.4) is 0 Å². The molecule has 0 nitrogen and oxygen atoms in total. The summed E-state index contributed by atoms with van der Waals surface area (Å²) in [5.74, 6) is 5.64. The van der Waals surface area contributed by atoms with Gasteiger partial charge >= 0.3 is 0 Å². The van der Waals surface area contributed by atoms with E-state index < -0.39 is 0 Å². The molecule has 0 heteroatoms. The number of hydrogen-bond donors (Lipinski definition) is 0. The highest BCUT2D eigenvalue weighted by Gasteiger charge is 2.46. The quantitative estimate of drug-likeness (QED) is 0.526. The fraction of sp³-hybridized carbons (Fsp3) is 1.00. The molecular formula is C21H40. The Morgan fingerprint density at radius 3 is 1.95 bits per heavy atom. The van der Waals surface area contributed by atoms with Gasteiger partial charge in [-0.05, 0) is 66.6 Å². The van der Waals surface area contributed by atoms with Gasteiger partial charge in [0.1, 0.15) is 0 Å². The van der Waals surface area contributed by atoms with Crippen LogP contribution in [0, 0.1) is 40.9 Å². The van der Waals surface area contributed by atoms with Crippen LogP contribution in [0.1, 0.15) is 92.9 Å². The van der Waals surface area contributed by atoms with Crippen molar-refractivity contribution in [1.82, 2.24) is 0 Å². The van der Waals surface area contributed by atoms with Crippen molar-refractivity contribution < 1.29 is 0 Å². The van der Waals surface area contributed by atoms with Crippen LogP contribution < -0.4 is 0 Å². The molecule has 2 rings (SSSR count). The van der Waals surface area contributed by atoms with Crippen molar-refractivity contribution in [2.24, 2.45) is 40.9 Å². The third-order valence-electron chi connectivity index (χ3n) is 7.42. The Hall–Kier alpha value is 0. The zero-order chi connectivity index (χ0) is 15.6. The fourth-order valence-corrected chi connectivity index (χ4v) is 5.68. The maximum atomic E-state index is 2.53. The minimum atomic E-state index is 0.667. The molecule has 0 amide bonds. The zero-order valence-electron chi connectivity index (χ0n) is 15.6. The Morgan fingerprint density at radius 2 is 1.38 bits per heavy atom. The first-order chi connectivity index (χ1) is 9.86. The van der Waals surface area contributed by atoms with E-state index in [2.05, 4.69) is 41.5 Å². The molecule has 2 aliphatic carbocycles. The van der Waals surface area contributed by atoms with E-state index in [0.29, 0.717) is 5.41 Å². The Labute approximate surface area is 134 Å². The summed E-state index contributed by atoms with van der Waals surface area (Å²) in [4.78, 5) is 0. The first-order valence-corrected chi connectivity index (χ1v) is 9.86. The molecule has 2 aliphatic rings. The minimum Gasteiger partial charge on any atom is -0.0625 e. The van der Waals surface area contributed by atoms with Crippen molar-refractivity contribution in [2.75, 3.05) is 0 Å². The van der Waals surface area contributed by atoms with E-state index in [1.54, 1.807) is 0 Å². The van der Waals surface area contributed by atoms with Gasteiger partial charge in [0, 0.05) is 0 Å². The summed E-state index contributed by atoms with van der Waals surface area (Å²) in [6.45, 7) is 14.9. The van der Waals surface area contributed by atoms with Gasteiger partial charge in [-0.3, -0.25) is 0 Å². The van der Waals surface area contributed by atoms with E-state index in [-0.39, 0.29) is 0 Å². The van der Waals surface area contributed by atoms with Crippen LogP contribution in [-0.4, -0.2) is 0 Å². The van der Waals surface area contributed by atoms with Crippen LogP contribution in [0.5, 0.6) is 0 Å². The van der Waals surface area contributed by atoms with E-state index in [9.17, 15) is 0 Å². The van der Waals surface area contributed by atoms with Crippen LogP contribution in [0.2, 0.25) is 0 Å². The first kappa shape index (κ1) is 17.4. The van der Waals surface area contributed by atoms with Crippen LogP contribution >= 0.6 is 0 Å². The Bertz CT molecular complexity index is 314. The molecule has 4 atom stereocenters. The Morgan fingerprint density at radius 1 is 0.762 bits per heavy atom. The second-order valence-corrected chi connectivity index (χ2v) is 9.36. The Kier molecular flexibility index (Phi) is 5.83. The van der Waals surface area contributed by atoms with Gasteiger partial charge in [-0.15, -0.1) is 0 Å². The molecule has 0 aromatic heterocycles. The first-order valence-electron chi connectivity index (χ1n) is 9.86. The average molecular weight is 293 g/mol. The number of hydrogen-bond acceptors (Lipinski definition) is 0. The summed E-state index contributed by atoms with van der Waals surface area (Å²) in [7, 11) is 0. The normalized spacial score (nSPS) is 38.4. The lowest BCUT2D eigenvalue weighted by Gasteiger charge is -2.53. The summed E-state index contributed by atoms with van der Waals surface area (Å²) in [6, 6.07) is 0. The van der Waals surface area contributed by atoms with Gasteiger partial charge < -0.3 is 0 Å². The molecule has 21 heavy (non-hydrogen) atoms. The topological polar surface area (TPSA) is 0 Å². The minimum absolute atomic E-state index is 0.667. The van der Waals surface area contributed by atoms with Gasteiger partial charge in [0.05, 0.1) is 0 Å². The van der Waals surface area contributed by atoms with Crippen molar-refractivity contribution >= 4 is 0 Å². The van der Waals surface area contributed by atoms with Crippen LogP contribution in [-0.2, 0) is 0 Å². The van der Waals surface area contributed by atoms with E-state index in [1.165, 1.54) is 51.4 Å². The molecule has 2 saturated carbocycles. The molecule has 0 aliphatic heterocycles. The standard InChI is InChI=1S/C21H40/c1-15(2)18-9-7-11-20(13-18)21(17(5)6)12-8-10-19(14-21)16(3)4/h15-20H,7-14H2,1-6H3. The SMILES string of the molecule is CC(C)C1CCCC(C2(C(C)C)CCCC(C(C)C)C2)C1. The second kappa shape index (κ2) is 7.05.